The third-order valence-electron chi connectivity index (χ3n) is 5.54. The van der Waals surface area contributed by atoms with Crippen LogP contribution in [0.3, 0.4) is 0 Å². The molecule has 0 spiro atoms. The number of sulfonamides is 1. The van der Waals surface area contributed by atoms with Gasteiger partial charge in [-0.3, -0.25) is 13.9 Å². The van der Waals surface area contributed by atoms with Gasteiger partial charge in [-0.1, -0.05) is 42.3 Å². The molecule has 2 aromatic carbocycles. The molecule has 2 rings (SSSR count). The molecule has 0 bridgehead atoms. The third-order valence-corrected chi connectivity index (χ3v) is 7.22. The van der Waals surface area contributed by atoms with Crippen molar-refractivity contribution in [1.29, 1.82) is 0 Å². The van der Waals surface area contributed by atoms with Gasteiger partial charge in [0.2, 0.25) is 21.8 Å². The first kappa shape index (κ1) is 28.7. The first-order valence-electron chi connectivity index (χ1n) is 11.0. The van der Waals surface area contributed by atoms with Gasteiger partial charge in [0.1, 0.15) is 18.3 Å². The fraction of sp³-hybridized carbons (Fsp3) is 0.417. The van der Waals surface area contributed by atoms with Crippen LogP contribution in [0.5, 0.6) is 5.75 Å². The molecule has 0 aliphatic rings. The van der Waals surface area contributed by atoms with E-state index >= 15 is 0 Å². The molecule has 2 amide bonds. The molecule has 0 aliphatic carbocycles. The highest BCUT2D eigenvalue weighted by Crippen LogP contribution is 2.30. The van der Waals surface area contributed by atoms with Gasteiger partial charge in [-0.15, -0.1) is 0 Å². The van der Waals surface area contributed by atoms with Crippen molar-refractivity contribution in [3.05, 3.63) is 58.1 Å². The number of amides is 2. The molecule has 11 heteroatoms. The Labute approximate surface area is 217 Å². The Balaban J connectivity index is 2.40. The lowest BCUT2D eigenvalue weighted by Crippen LogP contribution is -2.52. The zero-order valence-corrected chi connectivity index (χ0v) is 22.7. The molecule has 2 aromatic rings. The summed E-state index contributed by atoms with van der Waals surface area (Å²) in [6.45, 7) is 4.99. The van der Waals surface area contributed by atoms with E-state index in [0.29, 0.717) is 10.8 Å². The summed E-state index contributed by atoms with van der Waals surface area (Å²) in [4.78, 5) is 27.7. The van der Waals surface area contributed by atoms with Gasteiger partial charge in [0.05, 0.1) is 24.1 Å². The zero-order chi connectivity index (χ0) is 26.3. The largest absolute Gasteiger partial charge is 0.495 e. The molecule has 35 heavy (non-hydrogen) atoms. The maximum Gasteiger partial charge on any atom is 0.244 e. The first-order valence-corrected chi connectivity index (χ1v) is 13.6. The number of carbonyl (C=O) groups excluding carboxylic acids is 2. The van der Waals surface area contributed by atoms with E-state index in [2.05, 4.69) is 5.32 Å². The number of hydrogen-bond acceptors (Lipinski definition) is 5. The molecule has 0 heterocycles. The van der Waals surface area contributed by atoms with E-state index in [9.17, 15) is 18.0 Å². The Kier molecular flexibility index (Phi) is 10.2. The minimum Gasteiger partial charge on any atom is -0.495 e. The number of hydrogen-bond donors (Lipinski definition) is 1. The van der Waals surface area contributed by atoms with Crippen molar-refractivity contribution in [2.45, 2.75) is 45.8 Å². The van der Waals surface area contributed by atoms with E-state index in [-0.39, 0.29) is 29.2 Å². The molecule has 8 nitrogen and oxygen atoms in total. The van der Waals surface area contributed by atoms with Crippen molar-refractivity contribution in [3.63, 3.8) is 0 Å². The van der Waals surface area contributed by atoms with Gasteiger partial charge in [-0.2, -0.15) is 0 Å². The van der Waals surface area contributed by atoms with Gasteiger partial charge in [0.25, 0.3) is 0 Å². The van der Waals surface area contributed by atoms with Crippen LogP contribution in [-0.4, -0.2) is 57.1 Å². The van der Waals surface area contributed by atoms with Crippen molar-refractivity contribution in [2.24, 2.45) is 0 Å². The molecular weight excluding hydrogens is 513 g/mol. The summed E-state index contributed by atoms with van der Waals surface area (Å²) in [6.07, 6.45) is 1.73. The standard InChI is InChI=1S/C24H31Cl2N3O5S/c1-6-16(2)27-24(31)17(3)28(14-18-7-9-19(25)10-8-18)23(30)15-29(35(5,32)33)20-11-12-22(34-4)21(26)13-20/h7-13,16-17H,6,14-15H2,1-5H3,(H,27,31). The highest BCUT2D eigenvalue weighted by molar-refractivity contribution is 7.92. The van der Waals surface area contributed by atoms with Crippen LogP contribution < -0.4 is 14.4 Å². The molecule has 2 atom stereocenters. The Morgan fingerprint density at radius 3 is 2.23 bits per heavy atom. The van der Waals surface area contributed by atoms with E-state index in [1.165, 1.54) is 30.2 Å². The summed E-state index contributed by atoms with van der Waals surface area (Å²) in [5.41, 5.74) is 0.944. The second-order valence-corrected chi connectivity index (χ2v) is 11.0. The van der Waals surface area contributed by atoms with Crippen molar-refractivity contribution < 1.29 is 22.7 Å². The first-order chi connectivity index (χ1) is 16.4. The number of methoxy groups -OCH3 is 1. The number of halogens is 2. The lowest BCUT2D eigenvalue weighted by atomic mass is 10.1. The topological polar surface area (TPSA) is 96.0 Å². The van der Waals surface area contributed by atoms with Crippen LogP contribution in [0.4, 0.5) is 5.69 Å². The molecule has 192 valence electrons. The molecule has 1 N–H and O–H groups in total. The number of benzene rings is 2. The molecular formula is C24H31Cl2N3O5S. The van der Waals surface area contributed by atoms with Crippen LogP contribution in [0.2, 0.25) is 10.0 Å². The molecule has 0 radical (unpaired) electrons. The summed E-state index contributed by atoms with van der Waals surface area (Å²) in [7, 11) is -2.42. The maximum atomic E-state index is 13.5. The van der Waals surface area contributed by atoms with Crippen molar-refractivity contribution in [1.82, 2.24) is 10.2 Å². The normalized spacial score (nSPS) is 13.0. The van der Waals surface area contributed by atoms with Crippen molar-refractivity contribution in [3.8, 4) is 5.75 Å². The van der Waals surface area contributed by atoms with Crippen molar-refractivity contribution in [2.75, 3.05) is 24.2 Å². The number of nitrogens with one attached hydrogen (secondary N) is 1. The Morgan fingerprint density at radius 1 is 1.09 bits per heavy atom. The summed E-state index contributed by atoms with van der Waals surface area (Å²) in [6, 6.07) is 10.4. The zero-order valence-electron chi connectivity index (χ0n) is 20.4. The number of rotatable bonds is 11. The number of nitrogens with zero attached hydrogens (tertiary/aromatic N) is 2. The molecule has 2 unspecified atom stereocenters. The van der Waals surface area contributed by atoms with Crippen LogP contribution in [-0.2, 0) is 26.2 Å². The predicted molar refractivity (Wildman–Crippen MR) is 140 cm³/mol. The van der Waals surface area contributed by atoms with Crippen LogP contribution in [0.1, 0.15) is 32.8 Å². The van der Waals surface area contributed by atoms with Gasteiger partial charge in [0.15, 0.2) is 0 Å². The summed E-state index contributed by atoms with van der Waals surface area (Å²) in [5, 5.41) is 3.61. The van der Waals surface area contributed by atoms with Crippen LogP contribution in [0.25, 0.3) is 0 Å². The second-order valence-electron chi connectivity index (χ2n) is 8.23. The maximum absolute atomic E-state index is 13.5. The summed E-state index contributed by atoms with van der Waals surface area (Å²) < 4.78 is 31.3. The SMILES string of the molecule is CCC(C)NC(=O)C(C)N(Cc1ccc(Cl)cc1)C(=O)CN(c1ccc(OC)c(Cl)c1)S(C)(=O)=O. The smallest absolute Gasteiger partial charge is 0.244 e. The molecule has 0 fully saturated rings. The number of carbonyl (C=O) groups is 2. The Hall–Kier alpha value is -2.49. The van der Waals surface area contributed by atoms with Crippen LogP contribution >= 0.6 is 23.2 Å². The highest BCUT2D eigenvalue weighted by atomic mass is 35.5. The van der Waals surface area contributed by atoms with Gasteiger partial charge < -0.3 is 15.0 Å². The highest BCUT2D eigenvalue weighted by Gasteiger charge is 2.30. The van der Waals surface area contributed by atoms with E-state index in [4.69, 9.17) is 27.9 Å². The van der Waals surface area contributed by atoms with Gasteiger partial charge in [-0.05, 0) is 56.2 Å². The van der Waals surface area contributed by atoms with E-state index in [1.807, 2.05) is 13.8 Å². The van der Waals surface area contributed by atoms with Gasteiger partial charge in [0, 0.05) is 17.6 Å². The minimum atomic E-state index is -3.86. The number of anilines is 1. The second kappa shape index (κ2) is 12.5. The molecule has 0 aliphatic heterocycles. The number of ether oxygens (including phenoxy) is 1. The van der Waals surface area contributed by atoms with Gasteiger partial charge >= 0.3 is 0 Å². The lowest BCUT2D eigenvalue weighted by Gasteiger charge is -2.32. The minimum absolute atomic E-state index is 0.0774. The fourth-order valence-corrected chi connectivity index (χ4v) is 4.48. The average Bonchev–Trinajstić information content (AvgIpc) is 2.80. The third kappa shape index (κ3) is 8.02. The monoisotopic (exact) mass is 543 g/mol. The van der Waals surface area contributed by atoms with E-state index in [0.717, 1.165) is 22.5 Å². The Bertz CT molecular complexity index is 1140. The van der Waals surface area contributed by atoms with Crippen molar-refractivity contribution >= 4 is 50.7 Å². The quantitative estimate of drug-likeness (QED) is 0.460. The summed E-state index contributed by atoms with van der Waals surface area (Å²) in [5.74, 6) is -0.515. The lowest BCUT2D eigenvalue weighted by molar-refractivity contribution is -0.139. The average molecular weight is 545 g/mol. The molecule has 0 saturated heterocycles. The summed E-state index contributed by atoms with van der Waals surface area (Å²) >= 11 is 12.2. The molecule has 0 saturated carbocycles. The van der Waals surface area contributed by atoms with Gasteiger partial charge in [-0.25, -0.2) is 8.42 Å². The predicted octanol–water partition coefficient (Wildman–Crippen LogP) is 4.10. The van der Waals surface area contributed by atoms with Crippen LogP contribution in [0.15, 0.2) is 42.5 Å². The molecule has 0 aromatic heterocycles. The fourth-order valence-electron chi connectivity index (χ4n) is 3.26. The Morgan fingerprint density at radius 2 is 1.71 bits per heavy atom. The van der Waals surface area contributed by atoms with Crippen LogP contribution in [0, 0.1) is 0 Å². The van der Waals surface area contributed by atoms with E-state index < -0.39 is 28.5 Å². The van der Waals surface area contributed by atoms with E-state index in [1.54, 1.807) is 31.2 Å².